The van der Waals surface area contributed by atoms with Crippen LogP contribution in [0.25, 0.3) is 0 Å². The van der Waals surface area contributed by atoms with Gasteiger partial charge >= 0.3 is 5.97 Å². The zero-order chi connectivity index (χ0) is 13.8. The molecule has 2 N–H and O–H groups in total. The maximum absolute atomic E-state index is 11.8. The molecule has 0 rings (SSSR count). The highest BCUT2D eigenvalue weighted by atomic mass is 32.1. The Balaban J connectivity index is 5.46. The summed E-state index contributed by atoms with van der Waals surface area (Å²) in [6.45, 7) is 9.54. The monoisotopic (exact) mass is 257 g/mol. The number of carbonyl (C=O) groups excluding carboxylic acids is 2. The molecule has 0 radical (unpaired) electrons. The van der Waals surface area contributed by atoms with Gasteiger partial charge in [-0.05, 0) is 19.4 Å². The van der Waals surface area contributed by atoms with E-state index in [0.717, 1.165) is 0 Å². The van der Waals surface area contributed by atoms with Crippen LogP contribution in [-0.2, 0) is 14.4 Å². The lowest BCUT2D eigenvalue weighted by atomic mass is 9.91. The molecule has 0 saturated heterocycles. The number of rotatable bonds is 6. The van der Waals surface area contributed by atoms with Gasteiger partial charge < -0.3 is 10.4 Å². The summed E-state index contributed by atoms with van der Waals surface area (Å²) in [5.74, 6) is -3.34. The second-order valence-corrected chi connectivity index (χ2v) is 4.03. The molecular formula is C11H15NO4S. The van der Waals surface area contributed by atoms with Crippen LogP contribution in [0.3, 0.4) is 0 Å². The van der Waals surface area contributed by atoms with E-state index in [9.17, 15) is 14.4 Å². The molecule has 17 heavy (non-hydrogen) atoms. The lowest BCUT2D eigenvalue weighted by Gasteiger charge is -2.27. The molecule has 0 bridgehead atoms. The Morgan fingerprint density at radius 1 is 1.24 bits per heavy atom. The molecular weight excluding hydrogens is 242 g/mol. The predicted molar refractivity (Wildman–Crippen MR) is 67.0 cm³/mol. The van der Waals surface area contributed by atoms with Crippen molar-refractivity contribution in [1.82, 2.24) is 5.32 Å². The number of ketones is 1. The molecule has 0 aliphatic rings. The summed E-state index contributed by atoms with van der Waals surface area (Å²) in [7, 11) is 0. The van der Waals surface area contributed by atoms with E-state index >= 15 is 0 Å². The average molecular weight is 257 g/mol. The van der Waals surface area contributed by atoms with Crippen molar-refractivity contribution in [2.24, 2.45) is 0 Å². The van der Waals surface area contributed by atoms with Crippen LogP contribution in [0.1, 0.15) is 13.8 Å². The maximum atomic E-state index is 11.8. The molecule has 5 nitrogen and oxygen atoms in total. The number of aliphatic carboxylic acids is 1. The van der Waals surface area contributed by atoms with E-state index in [4.69, 9.17) is 5.11 Å². The van der Waals surface area contributed by atoms with Gasteiger partial charge in [-0.25, -0.2) is 4.79 Å². The van der Waals surface area contributed by atoms with E-state index in [-0.39, 0.29) is 16.9 Å². The Labute approximate surface area is 105 Å². The molecule has 1 unspecified atom stereocenters. The summed E-state index contributed by atoms with van der Waals surface area (Å²) >= 11 is 3.83. The molecule has 6 heteroatoms. The van der Waals surface area contributed by atoms with Crippen molar-refractivity contribution >= 4 is 30.3 Å². The molecule has 0 aliphatic heterocycles. The van der Waals surface area contributed by atoms with E-state index in [1.807, 2.05) is 0 Å². The Hall–Kier alpha value is -1.56. The minimum atomic E-state index is -2.09. The third-order valence-corrected chi connectivity index (χ3v) is 2.57. The van der Waals surface area contributed by atoms with Crippen LogP contribution < -0.4 is 5.32 Å². The number of hydrogen-bond acceptors (Lipinski definition) is 4. The largest absolute Gasteiger partial charge is 0.479 e. The Kier molecular flexibility index (Phi) is 5.15. The van der Waals surface area contributed by atoms with Crippen LogP contribution in [0.15, 0.2) is 24.3 Å². The normalized spacial score (nSPS) is 13.4. The fraction of sp³-hybridized carbons (Fsp3) is 0.364. The smallest absolute Gasteiger partial charge is 0.338 e. The van der Waals surface area contributed by atoms with Gasteiger partial charge in [0.15, 0.2) is 5.78 Å². The maximum Gasteiger partial charge on any atom is 0.338 e. The summed E-state index contributed by atoms with van der Waals surface area (Å²) in [5.41, 5.74) is -1.96. The van der Waals surface area contributed by atoms with Gasteiger partial charge in [0.05, 0.1) is 0 Å². The fourth-order valence-corrected chi connectivity index (χ4v) is 1.41. The first-order valence-corrected chi connectivity index (χ1v) is 5.35. The fourth-order valence-electron chi connectivity index (χ4n) is 1.05. The van der Waals surface area contributed by atoms with Crippen molar-refractivity contribution in [1.29, 1.82) is 0 Å². The highest BCUT2D eigenvalue weighted by Gasteiger charge is 2.46. The average Bonchev–Trinajstić information content (AvgIpc) is 2.23. The molecule has 0 spiro atoms. The molecule has 1 atom stereocenters. The first kappa shape index (κ1) is 15.4. The Morgan fingerprint density at radius 2 is 1.71 bits per heavy atom. The second-order valence-electron chi connectivity index (χ2n) is 3.71. The SMILES string of the molecule is C=C(C)C(=O)NC(CS)(C(=O)O)C(=O)C(=C)C. The van der Waals surface area contributed by atoms with Gasteiger partial charge in [-0.2, -0.15) is 12.6 Å². The number of carboxylic acids is 1. The number of carbonyl (C=O) groups is 3. The predicted octanol–water partition coefficient (Wildman–Crippen LogP) is 0.577. The molecule has 0 heterocycles. The van der Waals surface area contributed by atoms with Crippen molar-refractivity contribution in [2.75, 3.05) is 5.75 Å². The molecule has 0 aromatic carbocycles. The van der Waals surface area contributed by atoms with Gasteiger partial charge in [-0.15, -0.1) is 0 Å². The first-order valence-electron chi connectivity index (χ1n) is 4.71. The van der Waals surface area contributed by atoms with Crippen molar-refractivity contribution in [3.63, 3.8) is 0 Å². The minimum Gasteiger partial charge on any atom is -0.479 e. The lowest BCUT2D eigenvalue weighted by molar-refractivity contribution is -0.150. The summed E-state index contributed by atoms with van der Waals surface area (Å²) in [6, 6.07) is 0. The van der Waals surface area contributed by atoms with Crippen molar-refractivity contribution < 1.29 is 19.5 Å². The van der Waals surface area contributed by atoms with Crippen LogP contribution in [0.5, 0.6) is 0 Å². The van der Waals surface area contributed by atoms with Crippen molar-refractivity contribution in [2.45, 2.75) is 19.4 Å². The van der Waals surface area contributed by atoms with Gasteiger partial charge in [0.25, 0.3) is 0 Å². The minimum absolute atomic E-state index is 0.0310. The van der Waals surface area contributed by atoms with Crippen molar-refractivity contribution in [3.05, 3.63) is 24.3 Å². The van der Waals surface area contributed by atoms with Crippen LogP contribution in [-0.4, -0.2) is 34.1 Å². The van der Waals surface area contributed by atoms with E-state index in [1.165, 1.54) is 13.8 Å². The number of nitrogens with one attached hydrogen (secondary N) is 1. The quantitative estimate of drug-likeness (QED) is 0.369. The van der Waals surface area contributed by atoms with Gasteiger partial charge in [-0.3, -0.25) is 9.59 Å². The molecule has 0 saturated carbocycles. The van der Waals surface area contributed by atoms with Gasteiger partial charge in [0.2, 0.25) is 11.4 Å². The molecule has 0 aromatic heterocycles. The number of Topliss-reactive ketones (excluding diaryl/α,β-unsaturated/α-hetero) is 1. The number of thiol groups is 1. The zero-order valence-corrected chi connectivity index (χ0v) is 10.6. The number of amides is 1. The highest BCUT2D eigenvalue weighted by Crippen LogP contribution is 2.15. The van der Waals surface area contributed by atoms with E-state index in [1.54, 1.807) is 0 Å². The highest BCUT2D eigenvalue weighted by molar-refractivity contribution is 7.80. The Bertz CT molecular complexity index is 402. The van der Waals surface area contributed by atoms with E-state index in [0.29, 0.717) is 0 Å². The Morgan fingerprint density at radius 3 is 1.94 bits per heavy atom. The first-order chi connectivity index (χ1) is 7.69. The van der Waals surface area contributed by atoms with Crippen LogP contribution in [0, 0.1) is 0 Å². The molecule has 1 amide bonds. The van der Waals surface area contributed by atoms with Crippen molar-refractivity contribution in [3.8, 4) is 0 Å². The molecule has 94 valence electrons. The third-order valence-electron chi connectivity index (χ3n) is 2.09. The van der Waals surface area contributed by atoms with Crippen LogP contribution in [0.2, 0.25) is 0 Å². The second kappa shape index (κ2) is 5.67. The standard InChI is InChI=1S/C11H15NO4S/c1-6(2)8(13)11(5-17,10(15)16)12-9(14)7(3)4/h17H,1,3,5H2,2,4H3,(H,12,14)(H,15,16). The summed E-state index contributed by atoms with van der Waals surface area (Å²) in [5, 5.41) is 11.3. The molecule has 0 aromatic rings. The van der Waals surface area contributed by atoms with Crippen LogP contribution in [0.4, 0.5) is 0 Å². The number of carboxylic acid groups (broad SMARTS) is 1. The van der Waals surface area contributed by atoms with Gasteiger partial charge in [0.1, 0.15) is 0 Å². The molecule has 0 aliphatic carbocycles. The van der Waals surface area contributed by atoms with Gasteiger partial charge in [-0.1, -0.05) is 13.2 Å². The topological polar surface area (TPSA) is 83.5 Å². The molecule has 0 fully saturated rings. The lowest BCUT2D eigenvalue weighted by Crippen LogP contribution is -2.62. The third kappa shape index (κ3) is 3.20. The van der Waals surface area contributed by atoms with Gasteiger partial charge in [0, 0.05) is 11.3 Å². The van der Waals surface area contributed by atoms with Crippen LogP contribution >= 0.6 is 12.6 Å². The summed E-state index contributed by atoms with van der Waals surface area (Å²) in [4.78, 5) is 34.5. The van der Waals surface area contributed by atoms with E-state index < -0.39 is 23.2 Å². The summed E-state index contributed by atoms with van der Waals surface area (Å²) in [6.07, 6.45) is 0. The number of hydrogen-bond donors (Lipinski definition) is 3. The van der Waals surface area contributed by atoms with E-state index in [2.05, 4.69) is 31.1 Å². The zero-order valence-electron chi connectivity index (χ0n) is 9.74. The summed E-state index contributed by atoms with van der Waals surface area (Å²) < 4.78 is 0.